The van der Waals surface area contributed by atoms with Crippen molar-refractivity contribution in [1.82, 2.24) is 9.55 Å². The molecule has 2 N–H and O–H groups in total. The summed E-state index contributed by atoms with van der Waals surface area (Å²) in [7, 11) is 0. The number of aromatic nitrogens is 2. The van der Waals surface area contributed by atoms with Crippen LogP contribution in [0.1, 0.15) is 11.3 Å². The molecule has 2 aromatic rings. The van der Waals surface area contributed by atoms with Gasteiger partial charge in [0.1, 0.15) is 23.5 Å². The van der Waals surface area contributed by atoms with Crippen molar-refractivity contribution in [2.75, 3.05) is 5.73 Å². The van der Waals surface area contributed by atoms with Crippen molar-refractivity contribution in [1.29, 1.82) is 0 Å². The molecule has 0 atom stereocenters. The molecule has 0 bridgehead atoms. The van der Waals surface area contributed by atoms with Crippen molar-refractivity contribution in [2.45, 2.75) is 18.3 Å². The van der Waals surface area contributed by atoms with Gasteiger partial charge in [-0.3, -0.25) is 9.36 Å². The molecule has 142 valence electrons. The smallest absolute Gasteiger partial charge is 0.397 e. The number of benzene rings is 1. The summed E-state index contributed by atoms with van der Waals surface area (Å²) < 4.78 is 115. The van der Waals surface area contributed by atoms with E-state index in [9.17, 15) is 44.3 Å². The average molecular weight is 391 g/mol. The number of alkyl halides is 8. The molecule has 0 amide bonds. The third-order valence-corrected chi connectivity index (χ3v) is 3.15. The van der Waals surface area contributed by atoms with Gasteiger partial charge in [-0.15, -0.1) is 0 Å². The molecule has 4 nitrogen and oxygen atoms in total. The lowest BCUT2D eigenvalue weighted by Gasteiger charge is -2.19. The second-order valence-corrected chi connectivity index (χ2v) is 4.95. The monoisotopic (exact) mass is 391 g/mol. The van der Waals surface area contributed by atoms with Gasteiger partial charge in [0, 0.05) is 6.07 Å². The molecule has 1 aromatic heterocycles. The SMILES string of the molecule is Nc1cc(C(F)(F)F)cc(F)c1-n1cnc(C(F)(F)C(F)(F)F)cc1=O. The zero-order valence-corrected chi connectivity index (χ0v) is 12.1. The van der Waals surface area contributed by atoms with Gasteiger partial charge >= 0.3 is 18.3 Å². The van der Waals surface area contributed by atoms with Crippen LogP contribution in [-0.4, -0.2) is 15.7 Å². The average Bonchev–Trinajstić information content (AvgIpc) is 2.45. The molecule has 0 aliphatic rings. The fraction of sp³-hybridized carbons (Fsp3) is 0.231. The summed E-state index contributed by atoms with van der Waals surface area (Å²) in [4.78, 5) is 14.5. The van der Waals surface area contributed by atoms with Crippen LogP contribution in [0.2, 0.25) is 0 Å². The van der Waals surface area contributed by atoms with Crippen LogP contribution in [0.4, 0.5) is 45.2 Å². The van der Waals surface area contributed by atoms with E-state index in [1.54, 1.807) is 0 Å². The lowest BCUT2D eigenvalue weighted by Crippen LogP contribution is -2.36. The van der Waals surface area contributed by atoms with Gasteiger partial charge in [-0.2, -0.15) is 35.1 Å². The summed E-state index contributed by atoms with van der Waals surface area (Å²) in [6.07, 6.45) is -10.9. The number of nitrogen functional groups attached to an aromatic ring is 1. The fourth-order valence-electron chi connectivity index (χ4n) is 1.92. The maximum atomic E-state index is 13.9. The van der Waals surface area contributed by atoms with Crippen LogP contribution >= 0.6 is 0 Å². The number of hydrogen-bond donors (Lipinski definition) is 1. The van der Waals surface area contributed by atoms with Crippen molar-refractivity contribution in [3.63, 3.8) is 0 Å². The molecular weight excluding hydrogens is 385 g/mol. The molecule has 0 aliphatic heterocycles. The molecule has 13 heteroatoms. The molecular formula is C13H6F9N3O. The van der Waals surface area contributed by atoms with Crippen molar-refractivity contribution >= 4 is 5.69 Å². The Morgan fingerprint density at radius 1 is 0.962 bits per heavy atom. The van der Waals surface area contributed by atoms with E-state index in [2.05, 4.69) is 4.98 Å². The van der Waals surface area contributed by atoms with Gasteiger partial charge in [-0.05, 0) is 12.1 Å². The minimum Gasteiger partial charge on any atom is -0.397 e. The normalized spacial score (nSPS) is 13.1. The molecule has 0 radical (unpaired) electrons. The summed E-state index contributed by atoms with van der Waals surface area (Å²) in [5, 5.41) is 0. The Morgan fingerprint density at radius 2 is 1.54 bits per heavy atom. The Labute approximate surface area is 137 Å². The molecule has 0 fully saturated rings. The molecule has 0 saturated heterocycles. The number of nitrogens with two attached hydrogens (primary N) is 1. The molecule has 0 saturated carbocycles. The molecule has 0 aliphatic carbocycles. The maximum absolute atomic E-state index is 13.9. The Hall–Kier alpha value is -2.73. The second-order valence-electron chi connectivity index (χ2n) is 4.95. The fourth-order valence-corrected chi connectivity index (χ4v) is 1.92. The van der Waals surface area contributed by atoms with E-state index in [1.807, 2.05) is 0 Å². The Bertz CT molecular complexity index is 876. The van der Waals surface area contributed by atoms with Gasteiger partial charge in [0.05, 0.1) is 11.3 Å². The van der Waals surface area contributed by atoms with Crippen LogP contribution in [0.25, 0.3) is 5.69 Å². The summed E-state index contributed by atoms with van der Waals surface area (Å²) in [5.41, 5.74) is -1.68. The molecule has 1 aromatic carbocycles. The highest BCUT2D eigenvalue weighted by Gasteiger charge is 2.60. The maximum Gasteiger partial charge on any atom is 0.459 e. The largest absolute Gasteiger partial charge is 0.459 e. The van der Waals surface area contributed by atoms with E-state index in [0.29, 0.717) is 0 Å². The van der Waals surface area contributed by atoms with Gasteiger partial charge in [0.25, 0.3) is 5.56 Å². The minimum atomic E-state index is -6.04. The first kappa shape index (κ1) is 19.6. The first-order chi connectivity index (χ1) is 11.7. The summed E-state index contributed by atoms with van der Waals surface area (Å²) >= 11 is 0. The van der Waals surface area contributed by atoms with Crippen LogP contribution in [-0.2, 0) is 12.1 Å². The van der Waals surface area contributed by atoms with Crippen LogP contribution in [0.3, 0.4) is 0 Å². The highest BCUT2D eigenvalue weighted by atomic mass is 19.4. The quantitative estimate of drug-likeness (QED) is 0.629. The molecule has 0 spiro atoms. The Morgan fingerprint density at radius 3 is 1.96 bits per heavy atom. The zero-order valence-electron chi connectivity index (χ0n) is 12.1. The predicted molar refractivity (Wildman–Crippen MR) is 69.2 cm³/mol. The van der Waals surface area contributed by atoms with Crippen LogP contribution in [0.5, 0.6) is 0 Å². The van der Waals surface area contributed by atoms with E-state index in [1.165, 1.54) is 0 Å². The number of anilines is 1. The number of hydrogen-bond acceptors (Lipinski definition) is 3. The number of halogens is 9. The topological polar surface area (TPSA) is 60.9 Å². The van der Waals surface area contributed by atoms with Gasteiger partial charge in [0.2, 0.25) is 0 Å². The predicted octanol–water partition coefficient (Wildman–Crippen LogP) is 3.63. The third-order valence-electron chi connectivity index (χ3n) is 3.15. The highest BCUT2D eigenvalue weighted by Crippen LogP contribution is 2.42. The Kier molecular flexibility index (Phi) is 4.46. The van der Waals surface area contributed by atoms with Crippen LogP contribution in [0, 0.1) is 5.82 Å². The van der Waals surface area contributed by atoms with E-state index in [-0.39, 0.29) is 29.1 Å². The van der Waals surface area contributed by atoms with Crippen molar-refractivity contribution in [3.05, 3.63) is 52.0 Å². The zero-order chi connectivity index (χ0) is 20.1. The summed E-state index contributed by atoms with van der Waals surface area (Å²) in [5.74, 6) is -7.12. The Balaban J connectivity index is 2.61. The van der Waals surface area contributed by atoms with Crippen LogP contribution < -0.4 is 11.3 Å². The van der Waals surface area contributed by atoms with Gasteiger partial charge in [0.15, 0.2) is 0 Å². The van der Waals surface area contributed by atoms with Crippen molar-refractivity contribution in [3.8, 4) is 5.69 Å². The van der Waals surface area contributed by atoms with Gasteiger partial charge < -0.3 is 5.73 Å². The minimum absolute atomic E-state index is 0.0175. The molecule has 2 rings (SSSR count). The van der Waals surface area contributed by atoms with E-state index < -0.39 is 52.3 Å². The highest BCUT2D eigenvalue weighted by molar-refractivity contribution is 5.60. The number of rotatable bonds is 2. The second kappa shape index (κ2) is 5.92. The first-order valence-electron chi connectivity index (χ1n) is 6.36. The summed E-state index contributed by atoms with van der Waals surface area (Å²) in [6.45, 7) is 0. The molecule has 26 heavy (non-hydrogen) atoms. The third kappa shape index (κ3) is 3.32. The number of nitrogens with zero attached hydrogens (tertiary/aromatic N) is 2. The van der Waals surface area contributed by atoms with Crippen LogP contribution in [0.15, 0.2) is 29.3 Å². The molecule has 1 heterocycles. The lowest BCUT2D eigenvalue weighted by molar-refractivity contribution is -0.291. The summed E-state index contributed by atoms with van der Waals surface area (Å²) in [6, 6.07) is 0.0312. The standard InChI is InChI=1S/C13H6F9N3O/c14-6-1-5(12(17,18)19)2-7(23)10(6)25-4-24-8(3-9(25)26)11(15,16)13(20,21)22/h1-4H,23H2. The van der Waals surface area contributed by atoms with Crippen molar-refractivity contribution < 1.29 is 39.5 Å². The van der Waals surface area contributed by atoms with E-state index in [4.69, 9.17) is 5.73 Å². The van der Waals surface area contributed by atoms with E-state index >= 15 is 0 Å². The molecule has 0 unspecified atom stereocenters. The van der Waals surface area contributed by atoms with E-state index in [0.717, 1.165) is 0 Å². The van der Waals surface area contributed by atoms with Gasteiger partial charge in [-0.25, -0.2) is 9.37 Å². The lowest BCUT2D eigenvalue weighted by atomic mass is 10.1. The first-order valence-corrected chi connectivity index (χ1v) is 6.36. The van der Waals surface area contributed by atoms with Gasteiger partial charge in [-0.1, -0.05) is 0 Å². The van der Waals surface area contributed by atoms with Crippen molar-refractivity contribution in [2.24, 2.45) is 0 Å².